The summed E-state index contributed by atoms with van der Waals surface area (Å²) in [6.45, 7) is 2.38. The summed E-state index contributed by atoms with van der Waals surface area (Å²) in [5.74, 6) is -1.95. The highest BCUT2D eigenvalue weighted by atomic mass is 16.6. The predicted molar refractivity (Wildman–Crippen MR) is 62.2 cm³/mol. The molecule has 0 bridgehead atoms. The molecule has 0 aliphatic carbocycles. The minimum Gasteiger partial charge on any atom is -0.467 e. The number of esters is 3. The average molecular weight is 270 g/mol. The van der Waals surface area contributed by atoms with E-state index in [0.717, 1.165) is 7.11 Å². The Labute approximate surface area is 111 Å². The second-order valence-corrected chi connectivity index (χ2v) is 4.08. The molecule has 1 aliphatic rings. The molecule has 1 heterocycles. The summed E-state index contributed by atoms with van der Waals surface area (Å²) < 4.78 is 19.8. The third kappa shape index (κ3) is 4.24. The molecule has 4 atom stereocenters. The smallest absolute Gasteiger partial charge is 0.339 e. The van der Waals surface area contributed by atoms with Crippen LogP contribution in [0, 0.1) is 0 Å². The second-order valence-electron chi connectivity index (χ2n) is 4.08. The summed E-state index contributed by atoms with van der Waals surface area (Å²) in [6.07, 6.45) is -3.03. The Kier molecular flexibility index (Phi) is 5.35. The molecule has 2 unspecified atom stereocenters. The fraction of sp³-hybridized carbons (Fsp3) is 0.727. The first-order chi connectivity index (χ1) is 8.85. The Bertz CT molecular complexity index is 370. The molecule has 1 fully saturated rings. The molecular formula is C11H15BO7. The first-order valence-electron chi connectivity index (χ1n) is 5.68. The van der Waals surface area contributed by atoms with E-state index in [0.29, 0.717) is 0 Å². The van der Waals surface area contributed by atoms with Gasteiger partial charge < -0.3 is 18.9 Å². The lowest BCUT2D eigenvalue weighted by atomic mass is 9.87. The van der Waals surface area contributed by atoms with Crippen LogP contribution in [0.2, 0.25) is 0 Å². The Hall–Kier alpha value is -1.57. The molecular weight excluding hydrogens is 255 g/mol. The summed E-state index contributed by atoms with van der Waals surface area (Å²) in [7, 11) is 6.78. The van der Waals surface area contributed by atoms with Crippen LogP contribution in [0.5, 0.6) is 0 Å². The molecule has 7 nitrogen and oxygen atoms in total. The number of ether oxygens (including phenoxy) is 4. The van der Waals surface area contributed by atoms with E-state index in [1.165, 1.54) is 13.8 Å². The van der Waals surface area contributed by atoms with Crippen LogP contribution in [-0.4, -0.2) is 57.2 Å². The van der Waals surface area contributed by atoms with Crippen LogP contribution < -0.4 is 0 Å². The summed E-state index contributed by atoms with van der Waals surface area (Å²) in [5.41, 5.74) is 0. The van der Waals surface area contributed by atoms with Crippen molar-refractivity contribution in [3.63, 3.8) is 0 Å². The van der Waals surface area contributed by atoms with E-state index >= 15 is 0 Å². The van der Waals surface area contributed by atoms with Crippen LogP contribution in [0.25, 0.3) is 0 Å². The van der Waals surface area contributed by atoms with Crippen molar-refractivity contribution >= 4 is 25.8 Å². The SMILES string of the molecule is [B][C@@H]1CC(OC(C)=O)[C@H](OC(C)=O)C(C(=O)OC)O1. The van der Waals surface area contributed by atoms with Gasteiger partial charge in [0.2, 0.25) is 0 Å². The van der Waals surface area contributed by atoms with Crippen LogP contribution in [0.4, 0.5) is 0 Å². The van der Waals surface area contributed by atoms with Crippen molar-refractivity contribution in [2.24, 2.45) is 0 Å². The molecule has 19 heavy (non-hydrogen) atoms. The lowest BCUT2D eigenvalue weighted by Crippen LogP contribution is -2.55. The van der Waals surface area contributed by atoms with Crippen LogP contribution in [0.1, 0.15) is 20.3 Å². The van der Waals surface area contributed by atoms with Gasteiger partial charge in [-0.15, -0.1) is 0 Å². The molecule has 1 aliphatic heterocycles. The highest BCUT2D eigenvalue weighted by Crippen LogP contribution is 2.25. The van der Waals surface area contributed by atoms with E-state index in [1.54, 1.807) is 0 Å². The zero-order chi connectivity index (χ0) is 14.6. The Balaban J connectivity index is 2.94. The maximum atomic E-state index is 11.6. The van der Waals surface area contributed by atoms with Crippen molar-refractivity contribution in [3.8, 4) is 0 Å². The van der Waals surface area contributed by atoms with Crippen molar-refractivity contribution in [2.75, 3.05) is 7.11 Å². The van der Waals surface area contributed by atoms with Crippen LogP contribution in [-0.2, 0) is 33.3 Å². The number of hydrogen-bond donors (Lipinski definition) is 0. The zero-order valence-corrected chi connectivity index (χ0v) is 11.0. The van der Waals surface area contributed by atoms with Crippen molar-refractivity contribution in [3.05, 3.63) is 0 Å². The number of carbonyl (C=O) groups is 3. The molecule has 8 heteroatoms. The van der Waals surface area contributed by atoms with E-state index in [1.807, 2.05) is 0 Å². The van der Waals surface area contributed by atoms with E-state index in [2.05, 4.69) is 4.74 Å². The zero-order valence-electron chi connectivity index (χ0n) is 11.0. The quantitative estimate of drug-likeness (QED) is 0.381. The summed E-state index contributed by atoms with van der Waals surface area (Å²) in [5, 5.41) is 0. The Morgan fingerprint density at radius 3 is 2.21 bits per heavy atom. The first kappa shape index (κ1) is 15.5. The van der Waals surface area contributed by atoms with Gasteiger partial charge in [0.25, 0.3) is 0 Å². The van der Waals surface area contributed by atoms with Gasteiger partial charge in [0, 0.05) is 26.3 Å². The normalized spacial score (nSPS) is 30.3. The molecule has 2 radical (unpaired) electrons. The third-order valence-corrected chi connectivity index (χ3v) is 2.50. The topological polar surface area (TPSA) is 88.1 Å². The van der Waals surface area contributed by atoms with Crippen molar-refractivity contribution in [2.45, 2.75) is 44.6 Å². The third-order valence-electron chi connectivity index (χ3n) is 2.50. The molecule has 0 aromatic heterocycles. The highest BCUT2D eigenvalue weighted by molar-refractivity contribution is 6.11. The fourth-order valence-corrected chi connectivity index (χ4v) is 1.84. The minimum absolute atomic E-state index is 0.116. The first-order valence-corrected chi connectivity index (χ1v) is 5.68. The largest absolute Gasteiger partial charge is 0.467 e. The van der Waals surface area contributed by atoms with Crippen molar-refractivity contribution < 1.29 is 33.3 Å². The monoisotopic (exact) mass is 270 g/mol. The van der Waals surface area contributed by atoms with Gasteiger partial charge >= 0.3 is 17.9 Å². The van der Waals surface area contributed by atoms with Gasteiger partial charge in [0.15, 0.2) is 12.2 Å². The fourth-order valence-electron chi connectivity index (χ4n) is 1.84. The molecule has 0 aromatic rings. The maximum Gasteiger partial charge on any atom is 0.339 e. The standard InChI is InChI=1S/C11H15BO7/c1-5(13)17-7-4-8(12)19-10(11(15)16-3)9(7)18-6(2)14/h7-10H,4H2,1-3H3/t7?,8-,9-,10?/m0/s1. The summed E-state index contributed by atoms with van der Waals surface area (Å²) in [4.78, 5) is 33.7. The maximum absolute atomic E-state index is 11.6. The summed E-state index contributed by atoms with van der Waals surface area (Å²) >= 11 is 0. The number of rotatable bonds is 3. The molecule has 0 amide bonds. The Morgan fingerprint density at radius 2 is 1.74 bits per heavy atom. The van der Waals surface area contributed by atoms with Crippen LogP contribution >= 0.6 is 0 Å². The number of carbonyl (C=O) groups excluding carboxylic acids is 3. The van der Waals surface area contributed by atoms with Gasteiger partial charge in [0.05, 0.1) is 7.11 Å². The van der Waals surface area contributed by atoms with Crippen LogP contribution in [0.3, 0.4) is 0 Å². The van der Waals surface area contributed by atoms with E-state index in [4.69, 9.17) is 22.1 Å². The van der Waals surface area contributed by atoms with Gasteiger partial charge in [-0.2, -0.15) is 0 Å². The molecule has 1 rings (SSSR count). The van der Waals surface area contributed by atoms with Gasteiger partial charge in [-0.1, -0.05) is 0 Å². The molecule has 104 valence electrons. The lowest BCUT2D eigenvalue weighted by Gasteiger charge is -2.38. The molecule has 1 saturated heterocycles. The van der Waals surface area contributed by atoms with E-state index in [-0.39, 0.29) is 6.42 Å². The van der Waals surface area contributed by atoms with Crippen molar-refractivity contribution in [1.29, 1.82) is 0 Å². The number of methoxy groups -OCH3 is 1. The molecule has 0 saturated carbocycles. The average Bonchev–Trinajstić information content (AvgIpc) is 2.30. The van der Waals surface area contributed by atoms with E-state index < -0.39 is 42.2 Å². The van der Waals surface area contributed by atoms with Gasteiger partial charge in [-0.05, 0) is 0 Å². The minimum atomic E-state index is -1.22. The highest BCUT2D eigenvalue weighted by Gasteiger charge is 2.45. The molecule has 0 spiro atoms. The summed E-state index contributed by atoms with van der Waals surface area (Å²) in [6, 6.07) is -0.819. The molecule has 0 aromatic carbocycles. The predicted octanol–water partition coefficient (Wildman–Crippen LogP) is -0.694. The van der Waals surface area contributed by atoms with Gasteiger partial charge in [-0.3, -0.25) is 9.59 Å². The Morgan fingerprint density at radius 1 is 1.16 bits per heavy atom. The second kappa shape index (κ2) is 6.56. The lowest BCUT2D eigenvalue weighted by molar-refractivity contribution is -0.207. The number of hydrogen-bond acceptors (Lipinski definition) is 7. The van der Waals surface area contributed by atoms with Crippen molar-refractivity contribution in [1.82, 2.24) is 0 Å². The van der Waals surface area contributed by atoms with E-state index in [9.17, 15) is 14.4 Å². The van der Waals surface area contributed by atoms with Gasteiger partial charge in [0.1, 0.15) is 14.0 Å². The van der Waals surface area contributed by atoms with Gasteiger partial charge in [-0.25, -0.2) is 4.79 Å². The van der Waals surface area contributed by atoms with Crippen LogP contribution in [0.15, 0.2) is 0 Å². The molecule has 0 N–H and O–H groups in total.